The summed E-state index contributed by atoms with van der Waals surface area (Å²) in [7, 11) is 1.61. The van der Waals surface area contributed by atoms with Crippen LogP contribution in [0.1, 0.15) is 18.1 Å². The highest BCUT2D eigenvalue weighted by Gasteiger charge is 2.52. The van der Waals surface area contributed by atoms with E-state index in [9.17, 15) is 4.79 Å². The van der Waals surface area contributed by atoms with Gasteiger partial charge in [-0.05, 0) is 30.2 Å². The summed E-state index contributed by atoms with van der Waals surface area (Å²) in [6.45, 7) is 2.25. The second kappa shape index (κ2) is 5.22. The molecule has 1 aliphatic heterocycles. The van der Waals surface area contributed by atoms with Gasteiger partial charge in [0.05, 0.1) is 13.7 Å². The predicted octanol–water partition coefficient (Wildman–Crippen LogP) is 2.88. The highest BCUT2D eigenvalue weighted by molar-refractivity contribution is 5.89. The van der Waals surface area contributed by atoms with Gasteiger partial charge in [0.15, 0.2) is 5.60 Å². The zero-order chi connectivity index (χ0) is 14.9. The van der Waals surface area contributed by atoms with E-state index in [-0.39, 0.29) is 5.91 Å². The number of ether oxygens (including phenoxy) is 1. The summed E-state index contributed by atoms with van der Waals surface area (Å²) >= 11 is 0. The third-order valence-electron chi connectivity index (χ3n) is 3.74. The molecule has 1 amide bonds. The summed E-state index contributed by atoms with van der Waals surface area (Å²) in [5.74, 6) is 0.729. The van der Waals surface area contributed by atoms with Crippen molar-refractivity contribution in [3.05, 3.63) is 65.7 Å². The lowest BCUT2D eigenvalue weighted by Crippen LogP contribution is -2.60. The summed E-state index contributed by atoms with van der Waals surface area (Å²) in [5, 5.41) is 1.40. The van der Waals surface area contributed by atoms with Crippen LogP contribution in [0.2, 0.25) is 0 Å². The van der Waals surface area contributed by atoms with E-state index < -0.39 is 5.60 Å². The van der Waals surface area contributed by atoms with Crippen molar-refractivity contribution in [2.75, 3.05) is 7.11 Å². The van der Waals surface area contributed by atoms with Gasteiger partial charge in [0.2, 0.25) is 0 Å². The molecular weight excluding hydrogens is 266 g/mol. The average molecular weight is 283 g/mol. The molecule has 108 valence electrons. The van der Waals surface area contributed by atoms with Gasteiger partial charge in [-0.2, -0.15) is 0 Å². The van der Waals surface area contributed by atoms with Crippen LogP contribution in [0.5, 0.6) is 5.75 Å². The first-order valence-electron chi connectivity index (χ1n) is 6.83. The Labute approximate surface area is 123 Å². The molecule has 0 aromatic heterocycles. The molecule has 0 aliphatic carbocycles. The lowest BCUT2D eigenvalue weighted by atomic mass is 9.92. The zero-order valence-electron chi connectivity index (χ0n) is 12.1. The van der Waals surface area contributed by atoms with Crippen LogP contribution in [0.3, 0.4) is 0 Å². The number of hydroxylamine groups is 2. The van der Waals surface area contributed by atoms with Gasteiger partial charge in [0.25, 0.3) is 5.91 Å². The van der Waals surface area contributed by atoms with Crippen molar-refractivity contribution < 1.29 is 14.4 Å². The van der Waals surface area contributed by atoms with Gasteiger partial charge in [-0.25, -0.2) is 9.90 Å². The molecule has 1 aliphatic rings. The number of methoxy groups -OCH3 is 1. The van der Waals surface area contributed by atoms with Crippen LogP contribution in [0, 0.1) is 0 Å². The van der Waals surface area contributed by atoms with E-state index in [1.165, 1.54) is 5.06 Å². The number of carbonyl (C=O) groups is 1. The third-order valence-corrected chi connectivity index (χ3v) is 3.74. The lowest BCUT2D eigenvalue weighted by molar-refractivity contribution is -0.312. The molecular formula is C17H17NO3. The Hall–Kier alpha value is -2.33. The number of hydrogen-bond acceptors (Lipinski definition) is 3. The lowest BCUT2D eigenvalue weighted by Gasteiger charge is -2.45. The highest BCUT2D eigenvalue weighted by Crippen LogP contribution is 2.38. The number of carbonyl (C=O) groups excluding carboxylic acids is 1. The summed E-state index contributed by atoms with van der Waals surface area (Å²) in [6, 6.07) is 17.2. The van der Waals surface area contributed by atoms with Crippen LogP contribution < -0.4 is 4.74 Å². The fourth-order valence-electron chi connectivity index (χ4n) is 2.44. The molecule has 3 rings (SSSR count). The number of amides is 1. The van der Waals surface area contributed by atoms with Crippen LogP contribution in [-0.2, 0) is 21.8 Å². The second-order valence-electron chi connectivity index (χ2n) is 5.18. The summed E-state index contributed by atoms with van der Waals surface area (Å²) < 4.78 is 5.12. The molecule has 1 saturated heterocycles. The smallest absolute Gasteiger partial charge is 0.285 e. The minimum Gasteiger partial charge on any atom is -0.497 e. The number of rotatable bonds is 4. The normalized spacial score (nSPS) is 21.0. The molecule has 2 aromatic carbocycles. The largest absolute Gasteiger partial charge is 0.497 e. The fourth-order valence-corrected chi connectivity index (χ4v) is 2.44. The summed E-state index contributed by atoms with van der Waals surface area (Å²) in [4.78, 5) is 18.2. The molecule has 2 aromatic rings. The maximum absolute atomic E-state index is 12.4. The van der Waals surface area contributed by atoms with Crippen LogP contribution in [0.4, 0.5) is 0 Å². The number of benzene rings is 2. The Morgan fingerprint density at radius 2 is 1.76 bits per heavy atom. The Bertz CT molecular complexity index is 639. The van der Waals surface area contributed by atoms with E-state index >= 15 is 0 Å². The van der Waals surface area contributed by atoms with Crippen molar-refractivity contribution in [3.63, 3.8) is 0 Å². The number of nitrogens with zero attached hydrogens (tertiary/aromatic N) is 1. The van der Waals surface area contributed by atoms with Gasteiger partial charge >= 0.3 is 0 Å². The van der Waals surface area contributed by atoms with Crippen molar-refractivity contribution in [1.29, 1.82) is 0 Å². The Balaban J connectivity index is 1.72. The van der Waals surface area contributed by atoms with Crippen molar-refractivity contribution in [3.8, 4) is 5.75 Å². The maximum Gasteiger partial charge on any atom is 0.285 e. The van der Waals surface area contributed by atoms with Gasteiger partial charge in [-0.1, -0.05) is 42.5 Å². The van der Waals surface area contributed by atoms with Crippen molar-refractivity contribution in [2.45, 2.75) is 19.1 Å². The standard InChI is InChI=1S/C17H17NO3/c1-17(14-8-10-15(20-2)11-9-14)16(19)18(21-17)12-13-6-4-3-5-7-13/h3-11H,12H2,1-2H3. The van der Waals surface area contributed by atoms with Crippen molar-refractivity contribution >= 4 is 5.91 Å². The molecule has 1 fully saturated rings. The molecule has 1 atom stereocenters. The maximum atomic E-state index is 12.4. The second-order valence-corrected chi connectivity index (χ2v) is 5.18. The molecule has 0 saturated carbocycles. The van der Waals surface area contributed by atoms with E-state index in [4.69, 9.17) is 9.57 Å². The molecule has 1 heterocycles. The quantitative estimate of drug-likeness (QED) is 0.866. The van der Waals surface area contributed by atoms with E-state index in [1.54, 1.807) is 14.0 Å². The molecule has 0 N–H and O–H groups in total. The molecule has 1 unspecified atom stereocenters. The Morgan fingerprint density at radius 3 is 2.33 bits per heavy atom. The molecule has 0 radical (unpaired) electrons. The minimum absolute atomic E-state index is 0.0310. The van der Waals surface area contributed by atoms with Crippen molar-refractivity contribution in [2.24, 2.45) is 0 Å². The molecule has 4 heteroatoms. The first kappa shape index (κ1) is 13.6. The zero-order valence-corrected chi connectivity index (χ0v) is 12.1. The van der Waals surface area contributed by atoms with Crippen LogP contribution in [-0.4, -0.2) is 18.1 Å². The molecule has 21 heavy (non-hydrogen) atoms. The van der Waals surface area contributed by atoms with E-state index in [0.717, 1.165) is 16.9 Å². The van der Waals surface area contributed by atoms with Crippen molar-refractivity contribution in [1.82, 2.24) is 5.06 Å². The van der Waals surface area contributed by atoms with Crippen LogP contribution in [0.25, 0.3) is 0 Å². The predicted molar refractivity (Wildman–Crippen MR) is 78.4 cm³/mol. The minimum atomic E-state index is -0.902. The van der Waals surface area contributed by atoms with Gasteiger partial charge in [0.1, 0.15) is 5.75 Å². The van der Waals surface area contributed by atoms with E-state index in [1.807, 2.05) is 54.6 Å². The molecule has 0 bridgehead atoms. The summed E-state index contributed by atoms with van der Waals surface area (Å²) in [5.41, 5.74) is 0.973. The molecule has 4 nitrogen and oxygen atoms in total. The Morgan fingerprint density at radius 1 is 1.10 bits per heavy atom. The van der Waals surface area contributed by atoms with Crippen LogP contribution in [0.15, 0.2) is 54.6 Å². The van der Waals surface area contributed by atoms with Crippen LogP contribution >= 0.6 is 0 Å². The fraction of sp³-hybridized carbons (Fsp3) is 0.235. The first-order chi connectivity index (χ1) is 10.1. The van der Waals surface area contributed by atoms with Gasteiger partial charge in [0, 0.05) is 0 Å². The molecule has 0 spiro atoms. The van der Waals surface area contributed by atoms with Gasteiger partial charge in [-0.3, -0.25) is 4.79 Å². The highest BCUT2D eigenvalue weighted by atomic mass is 16.7. The number of hydrogen-bond donors (Lipinski definition) is 0. The average Bonchev–Trinajstić information content (AvgIpc) is 2.55. The SMILES string of the molecule is COc1ccc(C2(C)ON(Cc3ccccc3)C2=O)cc1. The van der Waals surface area contributed by atoms with Gasteiger partial charge < -0.3 is 4.74 Å². The van der Waals surface area contributed by atoms with E-state index in [0.29, 0.717) is 6.54 Å². The topological polar surface area (TPSA) is 38.8 Å². The third kappa shape index (κ3) is 2.38. The summed E-state index contributed by atoms with van der Waals surface area (Å²) in [6.07, 6.45) is 0. The van der Waals surface area contributed by atoms with Gasteiger partial charge in [-0.15, -0.1) is 0 Å². The first-order valence-corrected chi connectivity index (χ1v) is 6.83. The van der Waals surface area contributed by atoms with E-state index in [2.05, 4.69) is 0 Å². The monoisotopic (exact) mass is 283 g/mol. The Kier molecular flexibility index (Phi) is 3.39.